The van der Waals surface area contributed by atoms with E-state index in [2.05, 4.69) is 9.97 Å². The number of carbonyl (C=O) groups excluding carboxylic acids is 1. The van der Waals surface area contributed by atoms with Gasteiger partial charge in [0.25, 0.3) is 0 Å². The maximum absolute atomic E-state index is 14.6. The predicted octanol–water partition coefficient (Wildman–Crippen LogP) is 5.38. The number of carbonyl (C=O) groups is 1. The van der Waals surface area contributed by atoms with Crippen molar-refractivity contribution in [1.29, 1.82) is 0 Å². The van der Waals surface area contributed by atoms with Gasteiger partial charge in [-0.1, -0.05) is 23.7 Å². The van der Waals surface area contributed by atoms with Crippen molar-refractivity contribution >= 4 is 28.4 Å². The Kier molecular flexibility index (Phi) is 5.77. The largest absolute Gasteiger partial charge is 0.487 e. The average Bonchev–Trinajstić information content (AvgIpc) is 2.77. The van der Waals surface area contributed by atoms with E-state index in [1.54, 1.807) is 18.2 Å². The first-order valence-corrected chi connectivity index (χ1v) is 9.55. The highest BCUT2D eigenvalue weighted by Crippen LogP contribution is 2.33. The number of ether oxygens (including phenoxy) is 2. The van der Waals surface area contributed by atoms with Gasteiger partial charge in [0.15, 0.2) is 5.78 Å². The molecule has 0 radical (unpaired) electrons. The molecule has 0 N–H and O–H groups in total. The minimum atomic E-state index is -0.787. The van der Waals surface area contributed by atoms with Crippen LogP contribution in [0.15, 0.2) is 60.8 Å². The molecule has 4 rings (SSSR count). The van der Waals surface area contributed by atoms with Crippen LogP contribution in [0.4, 0.5) is 8.78 Å². The number of aromatic nitrogens is 2. The van der Waals surface area contributed by atoms with Crippen LogP contribution in [-0.2, 0) is 6.61 Å². The van der Waals surface area contributed by atoms with Gasteiger partial charge in [-0.05, 0) is 48.0 Å². The minimum Gasteiger partial charge on any atom is -0.487 e. The Morgan fingerprint density at radius 2 is 1.90 bits per heavy atom. The van der Waals surface area contributed by atoms with E-state index >= 15 is 0 Å². The quantitative estimate of drug-likeness (QED) is 0.377. The lowest BCUT2D eigenvalue weighted by molar-refractivity contribution is 0.103. The van der Waals surface area contributed by atoms with Crippen molar-refractivity contribution in [2.45, 2.75) is 6.61 Å². The van der Waals surface area contributed by atoms with E-state index in [-0.39, 0.29) is 34.4 Å². The summed E-state index contributed by atoms with van der Waals surface area (Å²) in [4.78, 5) is 21.5. The van der Waals surface area contributed by atoms with Gasteiger partial charge in [0.2, 0.25) is 5.88 Å². The summed E-state index contributed by atoms with van der Waals surface area (Å²) < 4.78 is 38.6. The molecule has 0 saturated heterocycles. The van der Waals surface area contributed by atoms with Crippen LogP contribution < -0.4 is 9.47 Å². The fraction of sp³-hybridized carbons (Fsp3) is 0.0870. The van der Waals surface area contributed by atoms with Crippen LogP contribution in [0.1, 0.15) is 21.5 Å². The lowest BCUT2D eigenvalue weighted by Crippen LogP contribution is -2.07. The maximum atomic E-state index is 14.6. The van der Waals surface area contributed by atoms with Crippen LogP contribution in [0.3, 0.4) is 0 Å². The average molecular weight is 441 g/mol. The molecule has 1 heterocycles. The zero-order chi connectivity index (χ0) is 22.0. The zero-order valence-corrected chi connectivity index (χ0v) is 17.0. The van der Waals surface area contributed by atoms with E-state index in [0.29, 0.717) is 16.6 Å². The predicted molar refractivity (Wildman–Crippen MR) is 112 cm³/mol. The molecular weight excluding hydrogens is 426 g/mol. The highest BCUT2D eigenvalue weighted by Gasteiger charge is 2.22. The Labute approximate surface area is 181 Å². The van der Waals surface area contributed by atoms with Crippen LogP contribution in [0, 0.1) is 11.6 Å². The molecule has 0 atom stereocenters. The summed E-state index contributed by atoms with van der Waals surface area (Å²) in [6.45, 7) is 0.00208. The number of methoxy groups -OCH3 is 1. The third kappa shape index (κ3) is 4.32. The molecule has 5 nitrogen and oxygen atoms in total. The first-order chi connectivity index (χ1) is 15.0. The molecule has 0 aliphatic heterocycles. The molecule has 0 spiro atoms. The summed E-state index contributed by atoms with van der Waals surface area (Å²) in [5.41, 5.74) is 1.39. The molecule has 1 aromatic heterocycles. The molecule has 0 amide bonds. The number of nitrogens with zero attached hydrogens (tertiary/aromatic N) is 2. The molecular formula is C23H15ClF2N2O3. The van der Waals surface area contributed by atoms with Crippen LogP contribution >= 0.6 is 11.6 Å². The highest BCUT2D eigenvalue weighted by atomic mass is 35.5. The topological polar surface area (TPSA) is 61.3 Å². The Morgan fingerprint density at radius 1 is 1.06 bits per heavy atom. The van der Waals surface area contributed by atoms with Crippen LogP contribution in [0.5, 0.6) is 11.6 Å². The lowest BCUT2D eigenvalue weighted by Gasteiger charge is -2.12. The maximum Gasteiger partial charge on any atom is 0.232 e. The summed E-state index contributed by atoms with van der Waals surface area (Å²) in [6.07, 6.45) is 1.46. The van der Waals surface area contributed by atoms with Crippen molar-refractivity contribution in [3.63, 3.8) is 0 Å². The fourth-order valence-electron chi connectivity index (χ4n) is 3.02. The van der Waals surface area contributed by atoms with Gasteiger partial charge >= 0.3 is 0 Å². The van der Waals surface area contributed by atoms with E-state index in [1.807, 2.05) is 0 Å². The number of ketones is 1. The van der Waals surface area contributed by atoms with Gasteiger partial charge < -0.3 is 9.47 Å². The highest BCUT2D eigenvalue weighted by molar-refractivity contribution is 6.36. The number of hydrogen-bond acceptors (Lipinski definition) is 5. The zero-order valence-electron chi connectivity index (χ0n) is 16.2. The molecule has 31 heavy (non-hydrogen) atoms. The molecule has 156 valence electrons. The number of rotatable bonds is 6. The second-order valence-electron chi connectivity index (χ2n) is 6.60. The van der Waals surface area contributed by atoms with Crippen molar-refractivity contribution in [1.82, 2.24) is 9.97 Å². The third-order valence-electron chi connectivity index (χ3n) is 4.56. The first-order valence-electron chi connectivity index (χ1n) is 9.17. The first kappa shape index (κ1) is 20.7. The number of benzene rings is 3. The smallest absolute Gasteiger partial charge is 0.232 e. The van der Waals surface area contributed by atoms with Crippen LogP contribution in [0.25, 0.3) is 11.0 Å². The monoisotopic (exact) mass is 440 g/mol. The number of fused-ring (bicyclic) bond motifs is 1. The van der Waals surface area contributed by atoms with Crippen molar-refractivity contribution in [3.8, 4) is 11.6 Å². The summed E-state index contributed by atoms with van der Waals surface area (Å²) in [7, 11) is 1.45. The van der Waals surface area contributed by atoms with Crippen LogP contribution in [-0.4, -0.2) is 22.9 Å². The molecule has 3 aromatic carbocycles. The molecule has 8 heteroatoms. The van der Waals surface area contributed by atoms with E-state index in [0.717, 1.165) is 6.07 Å². The summed E-state index contributed by atoms with van der Waals surface area (Å²) in [5.74, 6) is -1.43. The Morgan fingerprint density at radius 3 is 2.68 bits per heavy atom. The second kappa shape index (κ2) is 8.65. The fourth-order valence-corrected chi connectivity index (χ4v) is 3.31. The number of halogens is 3. The van der Waals surface area contributed by atoms with Gasteiger partial charge in [-0.3, -0.25) is 4.79 Å². The van der Waals surface area contributed by atoms with Gasteiger partial charge in [-0.15, -0.1) is 0 Å². The molecule has 0 unspecified atom stereocenters. The van der Waals surface area contributed by atoms with E-state index < -0.39 is 17.4 Å². The minimum absolute atomic E-state index is 0.00208. The van der Waals surface area contributed by atoms with Gasteiger partial charge in [-0.2, -0.15) is 0 Å². The standard InChI is InChI=1S/C23H15ClF2N2O3/c1-30-20-11-27-17-7-5-14(10-18(17)28-20)23(29)21-16(26)6-8-19(22(21)24)31-12-13-3-2-4-15(25)9-13/h2-11H,12H2,1H3. The van der Waals surface area contributed by atoms with Crippen molar-refractivity contribution in [2.24, 2.45) is 0 Å². The van der Waals surface area contributed by atoms with Crippen molar-refractivity contribution < 1.29 is 23.0 Å². The van der Waals surface area contributed by atoms with Gasteiger partial charge in [0.05, 0.1) is 34.9 Å². The molecule has 0 fully saturated rings. The second-order valence-corrected chi connectivity index (χ2v) is 6.98. The molecule has 0 aliphatic rings. The SMILES string of the molecule is COc1cnc2ccc(C(=O)c3c(F)ccc(OCc4cccc(F)c4)c3Cl)cc2n1. The molecule has 0 saturated carbocycles. The summed E-state index contributed by atoms with van der Waals surface area (Å²) in [6, 6.07) is 12.9. The Bertz CT molecular complexity index is 1300. The van der Waals surface area contributed by atoms with Crippen molar-refractivity contribution in [3.05, 3.63) is 94.1 Å². The van der Waals surface area contributed by atoms with Crippen LogP contribution in [0.2, 0.25) is 5.02 Å². The third-order valence-corrected chi connectivity index (χ3v) is 4.93. The van der Waals surface area contributed by atoms with Crippen molar-refractivity contribution in [2.75, 3.05) is 7.11 Å². The van der Waals surface area contributed by atoms with Gasteiger partial charge in [-0.25, -0.2) is 18.7 Å². The Balaban J connectivity index is 1.66. The summed E-state index contributed by atoms with van der Waals surface area (Å²) in [5, 5.41) is -0.168. The number of hydrogen-bond donors (Lipinski definition) is 0. The van der Waals surface area contributed by atoms with E-state index in [9.17, 15) is 13.6 Å². The van der Waals surface area contributed by atoms with E-state index in [4.69, 9.17) is 21.1 Å². The lowest BCUT2D eigenvalue weighted by atomic mass is 10.0. The molecule has 0 bridgehead atoms. The normalized spacial score (nSPS) is 10.8. The summed E-state index contributed by atoms with van der Waals surface area (Å²) >= 11 is 6.31. The van der Waals surface area contributed by atoms with E-state index in [1.165, 1.54) is 43.6 Å². The van der Waals surface area contributed by atoms with Gasteiger partial charge in [0, 0.05) is 5.56 Å². The molecule has 0 aliphatic carbocycles. The molecule has 4 aromatic rings. The Hall–Kier alpha value is -3.58. The van der Waals surface area contributed by atoms with Gasteiger partial charge in [0.1, 0.15) is 24.0 Å².